The lowest BCUT2D eigenvalue weighted by Crippen LogP contribution is -2.45. The van der Waals surface area contributed by atoms with E-state index in [4.69, 9.17) is 9.41 Å². The maximum absolute atomic E-state index is 5.36. The predicted octanol–water partition coefficient (Wildman–Crippen LogP) is 3.26. The number of aliphatic imine (C=N–C) groups is 1. The van der Waals surface area contributed by atoms with E-state index in [1.54, 1.807) is 6.26 Å². The van der Waals surface area contributed by atoms with E-state index in [1.165, 1.54) is 25.8 Å². The van der Waals surface area contributed by atoms with Gasteiger partial charge in [-0.3, -0.25) is 9.89 Å². The van der Waals surface area contributed by atoms with Gasteiger partial charge in [0.25, 0.3) is 0 Å². The van der Waals surface area contributed by atoms with Gasteiger partial charge in [0.15, 0.2) is 5.96 Å². The maximum Gasteiger partial charge on any atom is 0.191 e. The molecule has 1 saturated heterocycles. The average Bonchev–Trinajstić information content (AvgIpc) is 3.06. The van der Waals surface area contributed by atoms with Crippen LogP contribution >= 0.6 is 24.0 Å². The van der Waals surface area contributed by atoms with Gasteiger partial charge in [-0.2, -0.15) is 0 Å². The first-order valence-corrected chi connectivity index (χ1v) is 9.01. The summed E-state index contributed by atoms with van der Waals surface area (Å²) in [4.78, 5) is 7.36. The molecule has 0 saturated carbocycles. The van der Waals surface area contributed by atoms with Crippen molar-refractivity contribution in [3.05, 3.63) is 24.2 Å². The Kier molecular flexibility index (Phi) is 10.4. The van der Waals surface area contributed by atoms with Gasteiger partial charge >= 0.3 is 0 Å². The molecule has 2 atom stereocenters. The second-order valence-corrected chi connectivity index (χ2v) is 6.41. The number of nitrogens with zero attached hydrogens (tertiary/aromatic N) is 2. The monoisotopic (exact) mass is 448 g/mol. The highest BCUT2D eigenvalue weighted by Gasteiger charge is 2.22. The van der Waals surface area contributed by atoms with E-state index in [0.717, 1.165) is 37.8 Å². The van der Waals surface area contributed by atoms with E-state index >= 15 is 0 Å². The zero-order chi connectivity index (χ0) is 16.5. The van der Waals surface area contributed by atoms with Crippen LogP contribution in [0.15, 0.2) is 27.8 Å². The molecule has 1 aliphatic rings. The first kappa shape index (κ1) is 21.3. The molecular weight excluding hydrogens is 415 g/mol. The summed E-state index contributed by atoms with van der Waals surface area (Å²) in [6.45, 7) is 10.5. The molecule has 138 valence electrons. The highest BCUT2D eigenvalue weighted by molar-refractivity contribution is 14.0. The molecule has 0 amide bonds. The van der Waals surface area contributed by atoms with Crippen LogP contribution in [0.25, 0.3) is 0 Å². The second-order valence-electron chi connectivity index (χ2n) is 6.41. The number of furan rings is 1. The summed E-state index contributed by atoms with van der Waals surface area (Å²) in [6.07, 6.45) is 6.59. The Bertz CT molecular complexity index is 464. The standard InChI is InChI=1S/C18H32N4O.HI/c1-4-19-18(20-11-10-17-9-7-13-23-17)21-14-16(3)22-12-6-5-8-15(22)2;/h7,9,13,15-16H,4-6,8,10-12,14H2,1-3H3,(H2,19,20,21);1H. The van der Waals surface area contributed by atoms with Gasteiger partial charge in [0, 0.05) is 31.6 Å². The number of hydrogen-bond acceptors (Lipinski definition) is 3. The molecule has 2 rings (SSSR count). The minimum absolute atomic E-state index is 0. The van der Waals surface area contributed by atoms with Crippen LogP contribution in [0, 0.1) is 0 Å². The first-order valence-electron chi connectivity index (χ1n) is 9.01. The van der Waals surface area contributed by atoms with Crippen LogP contribution in [0.2, 0.25) is 0 Å². The van der Waals surface area contributed by atoms with Crippen LogP contribution in [0.5, 0.6) is 0 Å². The lowest BCUT2D eigenvalue weighted by molar-refractivity contribution is 0.118. The van der Waals surface area contributed by atoms with Gasteiger partial charge in [0.1, 0.15) is 5.76 Å². The molecule has 1 aliphatic heterocycles. The van der Waals surface area contributed by atoms with Crippen LogP contribution in [0.1, 0.15) is 45.8 Å². The number of piperidine rings is 1. The normalized spacial score (nSPS) is 20.3. The molecule has 1 aromatic heterocycles. The van der Waals surface area contributed by atoms with E-state index in [-0.39, 0.29) is 24.0 Å². The second kappa shape index (κ2) is 11.7. The third-order valence-electron chi connectivity index (χ3n) is 4.52. The average molecular weight is 448 g/mol. The third kappa shape index (κ3) is 7.01. The summed E-state index contributed by atoms with van der Waals surface area (Å²) in [6, 6.07) is 5.11. The van der Waals surface area contributed by atoms with Crippen LogP contribution in [0.3, 0.4) is 0 Å². The molecule has 0 aromatic carbocycles. The van der Waals surface area contributed by atoms with Gasteiger partial charge < -0.3 is 15.1 Å². The Hall–Kier alpha value is -0.760. The maximum atomic E-state index is 5.36. The fraction of sp³-hybridized carbons (Fsp3) is 0.722. The SMILES string of the molecule is CCNC(=NCC(C)N1CCCCC1C)NCCc1ccco1.I. The molecule has 0 spiro atoms. The predicted molar refractivity (Wildman–Crippen MR) is 111 cm³/mol. The molecule has 0 radical (unpaired) electrons. The molecule has 0 aliphatic carbocycles. The van der Waals surface area contributed by atoms with Crippen molar-refractivity contribution in [1.29, 1.82) is 0 Å². The van der Waals surface area contributed by atoms with Gasteiger partial charge in [0.05, 0.1) is 12.8 Å². The van der Waals surface area contributed by atoms with Crippen LogP contribution in [-0.4, -0.2) is 49.1 Å². The van der Waals surface area contributed by atoms with E-state index in [2.05, 4.69) is 36.3 Å². The van der Waals surface area contributed by atoms with Gasteiger partial charge in [-0.25, -0.2) is 0 Å². The Morgan fingerprint density at radius 3 is 2.92 bits per heavy atom. The van der Waals surface area contributed by atoms with Crippen molar-refractivity contribution in [2.75, 3.05) is 26.2 Å². The van der Waals surface area contributed by atoms with Crippen molar-refractivity contribution in [1.82, 2.24) is 15.5 Å². The summed E-state index contributed by atoms with van der Waals surface area (Å²) < 4.78 is 5.36. The minimum atomic E-state index is 0. The molecule has 1 aromatic rings. The molecule has 0 bridgehead atoms. The molecule has 5 nitrogen and oxygen atoms in total. The number of rotatable bonds is 7. The van der Waals surface area contributed by atoms with Gasteiger partial charge in [-0.15, -0.1) is 24.0 Å². The molecule has 2 unspecified atom stereocenters. The molecular formula is C18H33IN4O. The highest BCUT2D eigenvalue weighted by Crippen LogP contribution is 2.19. The van der Waals surface area contributed by atoms with Crippen molar-refractivity contribution in [2.24, 2.45) is 4.99 Å². The third-order valence-corrected chi connectivity index (χ3v) is 4.52. The molecule has 2 N–H and O–H groups in total. The van der Waals surface area contributed by atoms with E-state index in [1.807, 2.05) is 12.1 Å². The zero-order valence-corrected chi connectivity index (χ0v) is 17.6. The highest BCUT2D eigenvalue weighted by atomic mass is 127. The number of nitrogens with one attached hydrogen (secondary N) is 2. The molecule has 1 fully saturated rings. The Morgan fingerprint density at radius 2 is 2.25 bits per heavy atom. The minimum Gasteiger partial charge on any atom is -0.469 e. The lowest BCUT2D eigenvalue weighted by atomic mass is 10.0. The van der Waals surface area contributed by atoms with Gasteiger partial charge in [0.2, 0.25) is 0 Å². The Labute approximate surface area is 163 Å². The Balaban J connectivity index is 0.00000288. The van der Waals surface area contributed by atoms with Crippen molar-refractivity contribution in [3.8, 4) is 0 Å². The number of halogens is 1. The van der Waals surface area contributed by atoms with Gasteiger partial charge in [-0.1, -0.05) is 6.42 Å². The van der Waals surface area contributed by atoms with Gasteiger partial charge in [-0.05, 0) is 52.3 Å². The first-order chi connectivity index (χ1) is 11.2. The fourth-order valence-corrected chi connectivity index (χ4v) is 3.20. The van der Waals surface area contributed by atoms with Crippen LogP contribution in [0.4, 0.5) is 0 Å². The summed E-state index contributed by atoms with van der Waals surface area (Å²) in [5.74, 6) is 1.90. The summed E-state index contributed by atoms with van der Waals surface area (Å²) in [5.41, 5.74) is 0. The topological polar surface area (TPSA) is 52.8 Å². The molecule has 6 heteroatoms. The van der Waals surface area contributed by atoms with Crippen molar-refractivity contribution >= 4 is 29.9 Å². The molecule has 2 heterocycles. The van der Waals surface area contributed by atoms with E-state index < -0.39 is 0 Å². The van der Waals surface area contributed by atoms with E-state index in [0.29, 0.717) is 12.1 Å². The smallest absolute Gasteiger partial charge is 0.191 e. The zero-order valence-electron chi connectivity index (χ0n) is 15.3. The molecule has 24 heavy (non-hydrogen) atoms. The lowest BCUT2D eigenvalue weighted by Gasteiger charge is -2.37. The summed E-state index contributed by atoms with van der Waals surface area (Å²) in [7, 11) is 0. The van der Waals surface area contributed by atoms with Crippen LogP contribution in [-0.2, 0) is 6.42 Å². The quantitative estimate of drug-likeness (QED) is 0.382. The Morgan fingerprint density at radius 1 is 1.42 bits per heavy atom. The van der Waals surface area contributed by atoms with Crippen molar-refractivity contribution in [3.63, 3.8) is 0 Å². The van der Waals surface area contributed by atoms with Crippen LogP contribution < -0.4 is 10.6 Å². The van der Waals surface area contributed by atoms with Crippen molar-refractivity contribution < 1.29 is 4.42 Å². The summed E-state index contributed by atoms with van der Waals surface area (Å²) >= 11 is 0. The number of guanidine groups is 1. The fourth-order valence-electron chi connectivity index (χ4n) is 3.20. The van der Waals surface area contributed by atoms with E-state index in [9.17, 15) is 0 Å². The van der Waals surface area contributed by atoms with Crippen molar-refractivity contribution in [2.45, 2.75) is 58.5 Å². The number of hydrogen-bond donors (Lipinski definition) is 2. The number of likely N-dealkylation sites (tertiary alicyclic amines) is 1. The largest absolute Gasteiger partial charge is 0.469 e. The summed E-state index contributed by atoms with van der Waals surface area (Å²) in [5, 5.41) is 6.71.